The van der Waals surface area contributed by atoms with Crippen molar-refractivity contribution in [1.29, 1.82) is 0 Å². The lowest BCUT2D eigenvalue weighted by Gasteiger charge is -2.06. The highest BCUT2D eigenvalue weighted by Gasteiger charge is 2.13. The van der Waals surface area contributed by atoms with Gasteiger partial charge in [-0.2, -0.15) is 0 Å². The largest absolute Gasteiger partial charge is 0.399 e. The summed E-state index contributed by atoms with van der Waals surface area (Å²) in [5.74, 6) is 0.794. The second-order valence-electron chi connectivity index (χ2n) is 4.16. The van der Waals surface area contributed by atoms with Crippen LogP contribution in [0, 0.1) is 0 Å². The highest BCUT2D eigenvalue weighted by molar-refractivity contribution is 5.67. The van der Waals surface area contributed by atoms with Gasteiger partial charge >= 0.3 is 0 Å². The molecule has 4 nitrogen and oxygen atoms in total. The van der Waals surface area contributed by atoms with E-state index >= 15 is 0 Å². The van der Waals surface area contributed by atoms with E-state index in [0.717, 1.165) is 22.6 Å². The molecule has 2 rings (SSSR count). The monoisotopic (exact) mass is 216 g/mol. The van der Waals surface area contributed by atoms with Gasteiger partial charge in [-0.3, -0.25) is 0 Å². The molecule has 0 saturated heterocycles. The van der Waals surface area contributed by atoms with Crippen molar-refractivity contribution in [2.75, 3.05) is 11.5 Å². The van der Waals surface area contributed by atoms with Crippen LogP contribution < -0.4 is 11.5 Å². The third-order valence-electron chi connectivity index (χ3n) is 2.49. The predicted molar refractivity (Wildman–Crippen MR) is 66.9 cm³/mol. The number of H-pyrrole nitrogens is 1. The minimum absolute atomic E-state index is 0.348. The van der Waals surface area contributed by atoms with E-state index in [4.69, 9.17) is 11.5 Å². The van der Waals surface area contributed by atoms with Crippen LogP contribution in [-0.2, 0) is 0 Å². The number of benzene rings is 1. The zero-order valence-corrected chi connectivity index (χ0v) is 9.49. The number of aromatic nitrogens is 2. The first kappa shape index (κ1) is 10.5. The number of rotatable bonds is 2. The summed E-state index contributed by atoms with van der Waals surface area (Å²) in [4.78, 5) is 7.40. The Bertz CT molecular complexity index is 499. The summed E-state index contributed by atoms with van der Waals surface area (Å²) in [5.41, 5.74) is 15.1. The minimum Gasteiger partial charge on any atom is -0.399 e. The van der Waals surface area contributed by atoms with Crippen molar-refractivity contribution in [1.82, 2.24) is 9.97 Å². The molecule has 0 unspecified atom stereocenters. The van der Waals surface area contributed by atoms with Crippen LogP contribution in [0.4, 0.5) is 11.6 Å². The number of nitrogens with one attached hydrogen (secondary N) is 1. The Morgan fingerprint density at radius 2 is 2.00 bits per heavy atom. The maximum absolute atomic E-state index is 5.76. The Morgan fingerprint density at radius 3 is 2.62 bits per heavy atom. The Morgan fingerprint density at radius 1 is 1.25 bits per heavy atom. The van der Waals surface area contributed by atoms with E-state index < -0.39 is 0 Å². The van der Waals surface area contributed by atoms with Crippen molar-refractivity contribution in [2.24, 2.45) is 0 Å². The number of hydrogen-bond acceptors (Lipinski definition) is 3. The van der Waals surface area contributed by atoms with Crippen molar-refractivity contribution in [3.05, 3.63) is 30.0 Å². The SMILES string of the molecule is CC(C)c1[nH]c(N)nc1-c1cccc(N)c1. The van der Waals surface area contributed by atoms with Crippen LogP contribution in [0.25, 0.3) is 11.3 Å². The van der Waals surface area contributed by atoms with Gasteiger partial charge in [0.05, 0.1) is 5.69 Å². The number of nitrogen functional groups attached to an aromatic ring is 2. The smallest absolute Gasteiger partial charge is 0.198 e. The lowest BCUT2D eigenvalue weighted by molar-refractivity contribution is 0.836. The van der Waals surface area contributed by atoms with E-state index in [0.29, 0.717) is 11.9 Å². The first-order valence-electron chi connectivity index (χ1n) is 5.29. The van der Waals surface area contributed by atoms with Gasteiger partial charge in [0.25, 0.3) is 0 Å². The van der Waals surface area contributed by atoms with Crippen LogP contribution in [0.3, 0.4) is 0 Å². The maximum Gasteiger partial charge on any atom is 0.198 e. The lowest BCUT2D eigenvalue weighted by atomic mass is 10.0. The third-order valence-corrected chi connectivity index (χ3v) is 2.49. The van der Waals surface area contributed by atoms with Gasteiger partial charge in [0.15, 0.2) is 5.95 Å². The van der Waals surface area contributed by atoms with Gasteiger partial charge in [0, 0.05) is 16.9 Å². The van der Waals surface area contributed by atoms with E-state index in [1.807, 2.05) is 24.3 Å². The van der Waals surface area contributed by atoms with E-state index in [2.05, 4.69) is 23.8 Å². The van der Waals surface area contributed by atoms with Gasteiger partial charge in [-0.05, 0) is 18.1 Å². The van der Waals surface area contributed by atoms with Gasteiger partial charge in [0.2, 0.25) is 0 Å². The zero-order chi connectivity index (χ0) is 11.7. The second kappa shape index (κ2) is 3.89. The average Bonchev–Trinajstić information content (AvgIpc) is 2.60. The van der Waals surface area contributed by atoms with Crippen LogP contribution >= 0.6 is 0 Å². The maximum atomic E-state index is 5.76. The molecule has 1 heterocycles. The Hall–Kier alpha value is -1.97. The molecule has 4 heteroatoms. The molecule has 0 aliphatic heterocycles. The van der Waals surface area contributed by atoms with Gasteiger partial charge in [0.1, 0.15) is 0 Å². The molecular formula is C12H16N4. The molecule has 0 amide bonds. The van der Waals surface area contributed by atoms with Gasteiger partial charge in [-0.1, -0.05) is 26.0 Å². The van der Waals surface area contributed by atoms with E-state index in [1.165, 1.54) is 0 Å². The van der Waals surface area contributed by atoms with Crippen LogP contribution in [0.15, 0.2) is 24.3 Å². The van der Waals surface area contributed by atoms with E-state index in [-0.39, 0.29) is 0 Å². The lowest BCUT2D eigenvalue weighted by Crippen LogP contribution is -1.92. The molecule has 0 bridgehead atoms. The fourth-order valence-electron chi connectivity index (χ4n) is 1.73. The molecular weight excluding hydrogens is 200 g/mol. The quantitative estimate of drug-likeness (QED) is 0.674. The second-order valence-corrected chi connectivity index (χ2v) is 4.16. The highest BCUT2D eigenvalue weighted by Crippen LogP contribution is 2.28. The summed E-state index contributed by atoms with van der Waals surface area (Å²) in [5, 5.41) is 0. The molecule has 16 heavy (non-hydrogen) atoms. The topological polar surface area (TPSA) is 80.7 Å². The number of nitrogens with zero attached hydrogens (tertiary/aromatic N) is 1. The molecule has 0 saturated carbocycles. The Kier molecular flexibility index (Phi) is 2.56. The van der Waals surface area contributed by atoms with Crippen molar-refractivity contribution >= 4 is 11.6 Å². The average molecular weight is 216 g/mol. The van der Waals surface area contributed by atoms with Crippen molar-refractivity contribution in [2.45, 2.75) is 19.8 Å². The van der Waals surface area contributed by atoms with Crippen LogP contribution in [-0.4, -0.2) is 9.97 Å². The minimum atomic E-state index is 0.348. The number of nitrogens with two attached hydrogens (primary N) is 2. The summed E-state index contributed by atoms with van der Waals surface area (Å²) in [6.45, 7) is 4.20. The summed E-state index contributed by atoms with van der Waals surface area (Å²) in [6, 6.07) is 7.66. The molecule has 0 spiro atoms. The van der Waals surface area contributed by atoms with Crippen molar-refractivity contribution in [3.63, 3.8) is 0 Å². The fourth-order valence-corrected chi connectivity index (χ4v) is 1.73. The van der Waals surface area contributed by atoms with Crippen LogP contribution in [0.2, 0.25) is 0 Å². The summed E-state index contributed by atoms with van der Waals surface area (Å²) < 4.78 is 0. The van der Waals surface area contributed by atoms with Gasteiger partial charge in [-0.15, -0.1) is 0 Å². The number of aromatic amines is 1. The Balaban J connectivity index is 2.55. The van der Waals surface area contributed by atoms with E-state index in [1.54, 1.807) is 0 Å². The van der Waals surface area contributed by atoms with Crippen molar-refractivity contribution < 1.29 is 0 Å². The fraction of sp³-hybridized carbons (Fsp3) is 0.250. The molecule has 1 aromatic carbocycles. The molecule has 0 atom stereocenters. The number of hydrogen-bond donors (Lipinski definition) is 3. The molecule has 0 aliphatic rings. The normalized spacial score (nSPS) is 10.9. The van der Waals surface area contributed by atoms with Gasteiger partial charge < -0.3 is 16.5 Å². The molecule has 0 radical (unpaired) electrons. The number of imidazole rings is 1. The predicted octanol–water partition coefficient (Wildman–Crippen LogP) is 2.36. The summed E-state index contributed by atoms with van der Waals surface area (Å²) in [6.07, 6.45) is 0. The zero-order valence-electron chi connectivity index (χ0n) is 9.49. The number of anilines is 2. The third kappa shape index (κ3) is 1.86. The summed E-state index contributed by atoms with van der Waals surface area (Å²) in [7, 11) is 0. The molecule has 84 valence electrons. The van der Waals surface area contributed by atoms with Crippen LogP contribution in [0.5, 0.6) is 0 Å². The van der Waals surface area contributed by atoms with Crippen LogP contribution in [0.1, 0.15) is 25.5 Å². The molecule has 0 fully saturated rings. The molecule has 5 N–H and O–H groups in total. The van der Waals surface area contributed by atoms with E-state index in [9.17, 15) is 0 Å². The van der Waals surface area contributed by atoms with Gasteiger partial charge in [-0.25, -0.2) is 4.98 Å². The standard InChI is InChI=1S/C12H16N4/c1-7(2)10-11(16-12(14)15-10)8-4-3-5-9(13)6-8/h3-7H,13H2,1-2H3,(H3,14,15,16). The first-order chi connectivity index (χ1) is 7.58. The first-order valence-corrected chi connectivity index (χ1v) is 5.29. The summed E-state index contributed by atoms with van der Waals surface area (Å²) >= 11 is 0. The highest BCUT2D eigenvalue weighted by atomic mass is 15.0. The molecule has 2 aromatic rings. The molecule has 1 aromatic heterocycles. The van der Waals surface area contributed by atoms with Crippen molar-refractivity contribution in [3.8, 4) is 11.3 Å². The Labute approximate surface area is 94.7 Å². The molecule has 0 aliphatic carbocycles.